The molecule has 0 bridgehead atoms. The summed E-state index contributed by atoms with van der Waals surface area (Å²) in [5, 5.41) is 12.8. The molecule has 8 heteroatoms. The minimum atomic E-state index is -2.94. The number of urea groups is 1. The predicted octanol–water partition coefficient (Wildman–Crippen LogP) is 3.48. The molecular weight excluding hydrogens is 379 g/mol. The normalized spacial score (nSPS) is 24.2. The number of imide groups is 1. The molecule has 0 radical (unpaired) electrons. The lowest BCUT2D eigenvalue weighted by Gasteiger charge is -2.29. The second kappa shape index (κ2) is 11.3. The largest absolute Gasteiger partial charge is 0.393 e. The summed E-state index contributed by atoms with van der Waals surface area (Å²) in [5.74, 6) is 0.0715. The second-order valence-corrected chi connectivity index (χ2v) is 11.1. The van der Waals surface area contributed by atoms with Crippen molar-refractivity contribution in [1.29, 1.82) is 0 Å². The molecule has 3 N–H and O–H groups in total. The van der Waals surface area contributed by atoms with Gasteiger partial charge in [-0.3, -0.25) is 14.7 Å². The zero-order valence-corrected chi connectivity index (χ0v) is 18.0. The van der Waals surface area contributed by atoms with Crippen LogP contribution in [-0.2, 0) is 9.36 Å². The number of carbonyl (C=O) groups excluding carboxylic acids is 2. The first-order chi connectivity index (χ1) is 13.3. The highest BCUT2D eigenvalue weighted by Crippen LogP contribution is 2.40. The van der Waals surface area contributed by atoms with Gasteiger partial charge in [0.2, 0.25) is 0 Å². The summed E-state index contributed by atoms with van der Waals surface area (Å²) < 4.78 is 11.6. The van der Waals surface area contributed by atoms with Crippen LogP contribution in [0.4, 0.5) is 4.79 Å². The van der Waals surface area contributed by atoms with Crippen molar-refractivity contribution in [1.82, 2.24) is 10.2 Å². The molecule has 1 heterocycles. The number of hydrogen-bond acceptors (Lipinski definition) is 4. The smallest absolute Gasteiger partial charge is 0.324 e. The van der Waals surface area contributed by atoms with Gasteiger partial charge in [-0.1, -0.05) is 45.4 Å². The highest BCUT2D eigenvalue weighted by Gasteiger charge is 2.38. The van der Waals surface area contributed by atoms with Crippen molar-refractivity contribution in [2.75, 3.05) is 18.9 Å². The lowest BCUT2D eigenvalue weighted by atomic mass is 9.84. The zero-order chi connectivity index (χ0) is 20.6. The van der Waals surface area contributed by atoms with Gasteiger partial charge in [-0.15, -0.1) is 0 Å². The number of nitrogens with one attached hydrogen (secondary N) is 1. The fourth-order valence-electron chi connectivity index (χ4n) is 4.32. The Morgan fingerprint density at radius 1 is 1.14 bits per heavy atom. The number of unbranched alkanes of at least 4 members (excludes halogenated alkanes) is 3. The van der Waals surface area contributed by atoms with Gasteiger partial charge >= 0.3 is 6.03 Å². The Bertz CT molecular complexity index is 565. The number of amides is 3. The molecule has 0 aromatic rings. The molecular formula is C20H37N2O5P. The summed E-state index contributed by atoms with van der Waals surface area (Å²) in [6.45, 7) is 2.14. The molecule has 0 aromatic carbocycles. The number of rotatable bonds is 12. The van der Waals surface area contributed by atoms with Crippen LogP contribution in [0.25, 0.3) is 0 Å². The first-order valence-corrected chi connectivity index (χ1v) is 13.0. The lowest BCUT2D eigenvalue weighted by Crippen LogP contribution is -2.38. The van der Waals surface area contributed by atoms with Crippen molar-refractivity contribution in [3.8, 4) is 0 Å². The number of nitrogens with zero attached hydrogens (tertiary/aromatic N) is 1. The van der Waals surface area contributed by atoms with Crippen molar-refractivity contribution >= 4 is 19.3 Å². The maximum Gasteiger partial charge on any atom is 0.324 e. The van der Waals surface area contributed by atoms with Crippen LogP contribution in [0, 0.1) is 5.92 Å². The average Bonchev–Trinajstić information content (AvgIpc) is 2.95. The Labute approximate surface area is 168 Å². The van der Waals surface area contributed by atoms with Gasteiger partial charge in [-0.05, 0) is 38.0 Å². The van der Waals surface area contributed by atoms with Gasteiger partial charge in [0.1, 0.15) is 6.04 Å². The topological polar surface area (TPSA) is 107 Å². The van der Waals surface area contributed by atoms with Gasteiger partial charge in [-0.25, -0.2) is 4.79 Å². The maximum atomic E-state index is 12.1. The molecule has 28 heavy (non-hydrogen) atoms. The van der Waals surface area contributed by atoms with E-state index in [-0.39, 0.29) is 11.9 Å². The molecule has 2 rings (SSSR count). The van der Waals surface area contributed by atoms with Crippen molar-refractivity contribution in [3.05, 3.63) is 0 Å². The summed E-state index contributed by atoms with van der Waals surface area (Å²) in [7, 11) is -2.94. The summed E-state index contributed by atoms with van der Waals surface area (Å²) in [6, 6.07) is -0.805. The third-order valence-corrected chi connectivity index (χ3v) is 8.26. The van der Waals surface area contributed by atoms with Gasteiger partial charge in [0.15, 0.2) is 7.37 Å². The molecule has 162 valence electrons. The quantitative estimate of drug-likeness (QED) is 0.257. The highest BCUT2D eigenvalue weighted by molar-refractivity contribution is 7.57. The van der Waals surface area contributed by atoms with Crippen molar-refractivity contribution in [2.24, 2.45) is 5.92 Å². The van der Waals surface area contributed by atoms with E-state index in [1.165, 1.54) is 6.42 Å². The molecule has 1 aliphatic heterocycles. The van der Waals surface area contributed by atoms with Crippen LogP contribution in [0.5, 0.6) is 0 Å². The fourth-order valence-corrected chi connectivity index (χ4v) is 5.36. The van der Waals surface area contributed by atoms with Crippen molar-refractivity contribution < 1.29 is 24.2 Å². The minimum absolute atomic E-state index is 0.247. The molecule has 3 atom stereocenters. The molecule has 1 saturated carbocycles. The molecule has 1 aliphatic carbocycles. The molecule has 1 saturated heterocycles. The molecule has 2 fully saturated rings. The van der Waals surface area contributed by atoms with Crippen molar-refractivity contribution in [2.45, 2.75) is 89.7 Å². The molecule has 0 aromatic heterocycles. The van der Waals surface area contributed by atoms with E-state index in [4.69, 9.17) is 0 Å². The van der Waals surface area contributed by atoms with Crippen LogP contribution in [0.1, 0.15) is 77.6 Å². The van der Waals surface area contributed by atoms with E-state index in [1.807, 2.05) is 0 Å². The van der Waals surface area contributed by atoms with E-state index in [1.54, 1.807) is 11.8 Å². The van der Waals surface area contributed by atoms with Crippen LogP contribution in [0.15, 0.2) is 0 Å². The van der Waals surface area contributed by atoms with Crippen LogP contribution >= 0.6 is 7.37 Å². The molecule has 0 spiro atoms. The third-order valence-electron chi connectivity index (χ3n) is 6.26. The van der Waals surface area contributed by atoms with E-state index in [9.17, 15) is 24.2 Å². The number of aliphatic hydroxyl groups excluding tert-OH is 1. The molecule has 2 aliphatic rings. The minimum Gasteiger partial charge on any atom is -0.393 e. The van der Waals surface area contributed by atoms with Crippen molar-refractivity contribution in [3.63, 3.8) is 0 Å². The van der Waals surface area contributed by atoms with Crippen LogP contribution in [-0.4, -0.2) is 57.9 Å². The SMILES string of the molecule is CCP(=O)(O)CCCCCC[C@H]1C(=O)NC(=O)N1CCC(O)C1CCCCC1. The fraction of sp³-hybridized carbons (Fsp3) is 0.900. The molecule has 2 unspecified atom stereocenters. The third kappa shape index (κ3) is 7.16. The van der Waals surface area contributed by atoms with Crippen LogP contribution in [0.3, 0.4) is 0 Å². The van der Waals surface area contributed by atoms with Gasteiger partial charge in [0, 0.05) is 18.9 Å². The van der Waals surface area contributed by atoms with Crippen LogP contribution in [0.2, 0.25) is 0 Å². The van der Waals surface area contributed by atoms with Crippen LogP contribution < -0.4 is 5.32 Å². The average molecular weight is 416 g/mol. The number of aliphatic hydroxyl groups is 1. The van der Waals surface area contributed by atoms with Gasteiger partial charge in [0.05, 0.1) is 6.10 Å². The Hall–Kier alpha value is -0.910. The highest BCUT2D eigenvalue weighted by atomic mass is 31.2. The Kier molecular flexibility index (Phi) is 9.45. The van der Waals surface area contributed by atoms with E-state index in [0.717, 1.165) is 44.9 Å². The second-order valence-electron chi connectivity index (χ2n) is 8.35. The summed E-state index contributed by atoms with van der Waals surface area (Å²) >= 11 is 0. The summed E-state index contributed by atoms with van der Waals surface area (Å²) in [4.78, 5) is 35.4. The van der Waals surface area contributed by atoms with Gasteiger partial charge in [-0.2, -0.15) is 0 Å². The monoisotopic (exact) mass is 416 g/mol. The first-order valence-electron chi connectivity index (χ1n) is 10.9. The molecule has 3 amide bonds. The van der Waals surface area contributed by atoms with Gasteiger partial charge in [0.25, 0.3) is 5.91 Å². The predicted molar refractivity (Wildman–Crippen MR) is 110 cm³/mol. The van der Waals surface area contributed by atoms with E-state index in [0.29, 0.717) is 44.0 Å². The number of carbonyl (C=O) groups is 2. The Morgan fingerprint density at radius 3 is 2.50 bits per heavy atom. The molecule has 7 nitrogen and oxygen atoms in total. The Balaban J connectivity index is 1.71. The van der Waals surface area contributed by atoms with E-state index in [2.05, 4.69) is 5.32 Å². The Morgan fingerprint density at radius 2 is 1.82 bits per heavy atom. The van der Waals surface area contributed by atoms with E-state index >= 15 is 0 Å². The summed E-state index contributed by atoms with van der Waals surface area (Å²) in [6.07, 6.45) is 10.3. The maximum absolute atomic E-state index is 12.1. The van der Waals surface area contributed by atoms with Gasteiger partial charge < -0.3 is 14.9 Å². The number of hydrogen-bond donors (Lipinski definition) is 3. The van der Waals surface area contributed by atoms with E-state index < -0.39 is 19.5 Å². The zero-order valence-electron chi connectivity index (χ0n) is 17.1. The standard InChI is InChI=1S/C20H37N2O5P/c1-2-28(26,27)15-9-4-3-8-12-17-19(24)21-20(25)22(17)14-13-18(23)16-10-6-5-7-11-16/h16-18,23H,2-15H2,1H3,(H,26,27)(H,21,24,25)/t17-,18?/m0/s1. The summed E-state index contributed by atoms with van der Waals surface area (Å²) in [5.41, 5.74) is 0. The lowest BCUT2D eigenvalue weighted by molar-refractivity contribution is -0.121. The first kappa shape index (κ1) is 23.4.